The lowest BCUT2D eigenvalue weighted by Crippen LogP contribution is -2.44. The number of aromatic nitrogens is 1. The Balaban J connectivity index is 1.88. The molecule has 3 aromatic rings. The minimum Gasteiger partial charge on any atom is -0.449 e. The van der Waals surface area contributed by atoms with Crippen LogP contribution in [0.15, 0.2) is 42.5 Å². The number of fused-ring (bicyclic) bond motifs is 1. The number of rotatable bonds is 5. The number of nitrogens with one attached hydrogen (secondary N) is 2. The number of nitrogens with zero attached hydrogens (tertiary/aromatic N) is 1. The van der Waals surface area contributed by atoms with Gasteiger partial charge in [-0.25, -0.2) is 14.6 Å². The van der Waals surface area contributed by atoms with E-state index in [1.165, 1.54) is 18.3 Å². The Kier molecular flexibility index (Phi) is 6.46. The first-order chi connectivity index (χ1) is 13.9. The maximum Gasteiger partial charge on any atom is 0.339 e. The molecule has 0 unspecified atom stereocenters. The van der Waals surface area contributed by atoms with Crippen LogP contribution >= 0.6 is 22.9 Å². The summed E-state index contributed by atoms with van der Waals surface area (Å²) in [5.74, 6) is -1.40. The molecule has 0 saturated carbocycles. The molecule has 2 heterocycles. The number of ether oxygens (including phenoxy) is 1. The molecule has 0 aliphatic carbocycles. The lowest BCUT2D eigenvalue weighted by atomic mass is 10.1. The molecule has 0 spiro atoms. The van der Waals surface area contributed by atoms with Crippen LogP contribution in [0, 0.1) is 0 Å². The normalized spacial score (nSPS) is 11.7. The summed E-state index contributed by atoms with van der Waals surface area (Å²) >= 11 is 7.36. The first-order valence-electron chi connectivity index (χ1n) is 8.84. The molecule has 0 aliphatic rings. The minimum atomic E-state index is -1.16. The molecule has 29 heavy (non-hydrogen) atoms. The Labute approximate surface area is 176 Å². The van der Waals surface area contributed by atoms with E-state index in [0.29, 0.717) is 27.5 Å². The molecule has 0 fully saturated rings. The van der Waals surface area contributed by atoms with Crippen LogP contribution in [0.3, 0.4) is 0 Å². The Morgan fingerprint density at radius 1 is 1.21 bits per heavy atom. The quantitative estimate of drug-likeness (QED) is 0.595. The molecule has 1 aromatic carbocycles. The molecule has 2 aromatic heterocycles. The summed E-state index contributed by atoms with van der Waals surface area (Å²) in [6.45, 7) is 3.49. The van der Waals surface area contributed by atoms with Gasteiger partial charge < -0.3 is 10.1 Å². The molecule has 0 radical (unpaired) electrons. The molecule has 150 valence electrons. The van der Waals surface area contributed by atoms with E-state index in [0.717, 1.165) is 4.88 Å². The molecule has 3 rings (SSSR count). The first kappa shape index (κ1) is 20.8. The highest BCUT2D eigenvalue weighted by atomic mass is 35.5. The number of carbonyl (C=O) groups excluding carboxylic acids is 3. The third-order valence-electron chi connectivity index (χ3n) is 3.99. The highest BCUT2D eigenvalue weighted by molar-refractivity contribution is 7.19. The molecule has 2 N–H and O–H groups in total. The SMILES string of the molecule is CCNC(=O)NC(=O)[C@@H](C)OC(=O)c1cc(-c2ccc(Cl)s2)nc2ccccc12. The number of urea groups is 1. The van der Waals surface area contributed by atoms with Crippen molar-refractivity contribution in [3.8, 4) is 10.6 Å². The standard InChI is InChI=1S/C20H18ClN3O4S/c1-3-22-20(27)24-18(25)11(2)28-19(26)13-10-15(16-8-9-17(21)29-16)23-14-7-5-4-6-12(13)14/h4-11H,3H2,1-2H3,(H2,22,24,25,27)/t11-/m1/s1. The van der Waals surface area contributed by atoms with Crippen molar-refractivity contribution in [1.29, 1.82) is 0 Å². The van der Waals surface area contributed by atoms with Crippen LogP contribution in [-0.4, -0.2) is 35.5 Å². The van der Waals surface area contributed by atoms with Crippen LogP contribution in [0.2, 0.25) is 4.34 Å². The van der Waals surface area contributed by atoms with Gasteiger partial charge in [0.05, 0.1) is 26.0 Å². The van der Waals surface area contributed by atoms with Crippen molar-refractivity contribution in [3.63, 3.8) is 0 Å². The maximum atomic E-state index is 12.8. The summed E-state index contributed by atoms with van der Waals surface area (Å²) < 4.78 is 5.91. The highest BCUT2D eigenvalue weighted by Crippen LogP contribution is 2.32. The van der Waals surface area contributed by atoms with E-state index < -0.39 is 24.0 Å². The van der Waals surface area contributed by atoms with E-state index in [2.05, 4.69) is 15.6 Å². The number of benzene rings is 1. The summed E-state index contributed by atoms with van der Waals surface area (Å²) in [6.07, 6.45) is -1.16. The Morgan fingerprint density at radius 2 is 1.97 bits per heavy atom. The van der Waals surface area contributed by atoms with E-state index in [4.69, 9.17) is 16.3 Å². The molecule has 0 saturated heterocycles. The van der Waals surface area contributed by atoms with Crippen molar-refractivity contribution < 1.29 is 19.1 Å². The molecule has 9 heteroatoms. The smallest absolute Gasteiger partial charge is 0.339 e. The van der Waals surface area contributed by atoms with Crippen LogP contribution in [-0.2, 0) is 9.53 Å². The molecular formula is C20H18ClN3O4S. The lowest BCUT2D eigenvalue weighted by Gasteiger charge is -2.14. The number of amides is 3. The summed E-state index contributed by atoms with van der Waals surface area (Å²) in [7, 11) is 0. The lowest BCUT2D eigenvalue weighted by molar-refractivity contribution is -0.127. The van der Waals surface area contributed by atoms with Gasteiger partial charge >= 0.3 is 12.0 Å². The number of pyridine rings is 1. The van der Waals surface area contributed by atoms with Gasteiger partial charge in [0, 0.05) is 11.9 Å². The first-order valence-corrected chi connectivity index (χ1v) is 10.0. The van der Waals surface area contributed by atoms with Crippen molar-refractivity contribution in [1.82, 2.24) is 15.6 Å². The summed E-state index contributed by atoms with van der Waals surface area (Å²) in [5, 5.41) is 5.16. The Morgan fingerprint density at radius 3 is 2.66 bits per heavy atom. The number of para-hydroxylation sites is 1. The third-order valence-corrected chi connectivity index (χ3v) is 5.24. The Bertz CT molecular complexity index is 1080. The van der Waals surface area contributed by atoms with E-state index >= 15 is 0 Å². The largest absolute Gasteiger partial charge is 0.449 e. The zero-order valence-electron chi connectivity index (χ0n) is 15.7. The van der Waals surface area contributed by atoms with E-state index in [9.17, 15) is 14.4 Å². The van der Waals surface area contributed by atoms with Gasteiger partial charge in [-0.15, -0.1) is 11.3 Å². The number of hydrogen-bond donors (Lipinski definition) is 2. The number of hydrogen-bond acceptors (Lipinski definition) is 6. The van der Waals surface area contributed by atoms with Crippen LogP contribution in [0.25, 0.3) is 21.5 Å². The van der Waals surface area contributed by atoms with Crippen LogP contribution in [0.1, 0.15) is 24.2 Å². The topological polar surface area (TPSA) is 97.4 Å². The summed E-state index contributed by atoms with van der Waals surface area (Å²) in [6, 6.07) is 11.7. The zero-order chi connectivity index (χ0) is 21.0. The Hall–Kier alpha value is -2.97. The molecule has 1 atom stereocenters. The highest BCUT2D eigenvalue weighted by Gasteiger charge is 2.23. The summed E-state index contributed by atoms with van der Waals surface area (Å²) in [5.41, 5.74) is 1.46. The van der Waals surface area contributed by atoms with Gasteiger partial charge in [0.25, 0.3) is 5.91 Å². The second-order valence-electron chi connectivity index (χ2n) is 6.07. The number of thiophene rings is 1. The number of imide groups is 1. The van der Waals surface area contributed by atoms with Gasteiger partial charge in [-0.1, -0.05) is 29.8 Å². The van der Waals surface area contributed by atoms with Crippen LogP contribution in [0.5, 0.6) is 0 Å². The molecule has 0 aliphatic heterocycles. The van der Waals surface area contributed by atoms with Crippen LogP contribution < -0.4 is 10.6 Å². The van der Waals surface area contributed by atoms with Crippen molar-refractivity contribution >= 4 is 51.7 Å². The van der Waals surface area contributed by atoms with Gasteiger partial charge in [0.2, 0.25) is 0 Å². The minimum absolute atomic E-state index is 0.271. The number of halogens is 1. The molecule has 0 bridgehead atoms. The van der Waals surface area contributed by atoms with E-state index in [-0.39, 0.29) is 5.56 Å². The fourth-order valence-corrected chi connectivity index (χ4v) is 3.62. The fourth-order valence-electron chi connectivity index (χ4n) is 2.62. The van der Waals surface area contributed by atoms with Gasteiger partial charge in [-0.3, -0.25) is 10.1 Å². The van der Waals surface area contributed by atoms with Crippen molar-refractivity contribution in [2.24, 2.45) is 0 Å². The zero-order valence-corrected chi connectivity index (χ0v) is 17.3. The molecule has 7 nitrogen and oxygen atoms in total. The van der Waals surface area contributed by atoms with Crippen molar-refractivity contribution in [2.45, 2.75) is 20.0 Å². The summed E-state index contributed by atoms with van der Waals surface area (Å²) in [4.78, 5) is 41.8. The second-order valence-corrected chi connectivity index (χ2v) is 7.79. The predicted molar refractivity (Wildman–Crippen MR) is 112 cm³/mol. The van der Waals surface area contributed by atoms with Crippen molar-refractivity contribution in [2.75, 3.05) is 6.54 Å². The van der Waals surface area contributed by atoms with Gasteiger partial charge in [0.1, 0.15) is 0 Å². The fraction of sp³-hybridized carbons (Fsp3) is 0.200. The average molecular weight is 432 g/mol. The average Bonchev–Trinajstić information content (AvgIpc) is 3.13. The van der Waals surface area contributed by atoms with Crippen LogP contribution in [0.4, 0.5) is 4.79 Å². The third kappa shape index (κ3) is 4.90. The molecule has 3 amide bonds. The monoisotopic (exact) mass is 431 g/mol. The second kappa shape index (κ2) is 9.02. The van der Waals surface area contributed by atoms with Gasteiger partial charge in [0.15, 0.2) is 6.10 Å². The van der Waals surface area contributed by atoms with Gasteiger partial charge in [-0.2, -0.15) is 0 Å². The number of carbonyl (C=O) groups is 3. The van der Waals surface area contributed by atoms with Crippen molar-refractivity contribution in [3.05, 3.63) is 52.4 Å². The van der Waals surface area contributed by atoms with E-state index in [1.807, 2.05) is 12.1 Å². The van der Waals surface area contributed by atoms with Gasteiger partial charge in [-0.05, 0) is 38.1 Å². The van der Waals surface area contributed by atoms with E-state index in [1.54, 1.807) is 37.3 Å². The molecular weight excluding hydrogens is 414 g/mol. The maximum absolute atomic E-state index is 12.8. The predicted octanol–water partition coefficient (Wildman–Crippen LogP) is 4.01. The number of esters is 1.